The van der Waals surface area contributed by atoms with E-state index in [0.717, 1.165) is 0 Å². The summed E-state index contributed by atoms with van der Waals surface area (Å²) in [5, 5.41) is 18.3. The summed E-state index contributed by atoms with van der Waals surface area (Å²) >= 11 is 0. The van der Waals surface area contributed by atoms with Gasteiger partial charge >= 0.3 is 0 Å². The van der Waals surface area contributed by atoms with Crippen LogP contribution in [0.3, 0.4) is 0 Å². The quantitative estimate of drug-likeness (QED) is 0.878. The van der Waals surface area contributed by atoms with E-state index in [1.807, 2.05) is 6.07 Å². The molecule has 0 amide bonds. The lowest BCUT2D eigenvalue weighted by Gasteiger charge is -2.23. The van der Waals surface area contributed by atoms with Gasteiger partial charge < -0.3 is 10.0 Å². The van der Waals surface area contributed by atoms with Crippen molar-refractivity contribution < 1.29 is 13.9 Å². The molecule has 0 aliphatic rings. The van der Waals surface area contributed by atoms with Crippen molar-refractivity contribution >= 4 is 5.69 Å². The van der Waals surface area contributed by atoms with Crippen LogP contribution in [0.2, 0.25) is 0 Å². The molecule has 3 nitrogen and oxygen atoms in total. The van der Waals surface area contributed by atoms with E-state index in [0.29, 0.717) is 16.8 Å². The van der Waals surface area contributed by atoms with Gasteiger partial charge in [-0.1, -0.05) is 6.07 Å². The Hall–Kier alpha value is -1.67. The minimum Gasteiger partial charge on any atom is -0.389 e. The summed E-state index contributed by atoms with van der Waals surface area (Å²) < 4.78 is 24.6. The second kappa shape index (κ2) is 5.60. The molecule has 1 aromatic rings. The van der Waals surface area contributed by atoms with Crippen LogP contribution in [0.1, 0.15) is 24.2 Å². The predicted molar refractivity (Wildman–Crippen MR) is 61.1 cm³/mol. The fourth-order valence-corrected chi connectivity index (χ4v) is 1.60. The van der Waals surface area contributed by atoms with Gasteiger partial charge in [-0.15, -0.1) is 0 Å². The molecule has 0 aliphatic carbocycles. The van der Waals surface area contributed by atoms with E-state index in [4.69, 9.17) is 5.26 Å². The maximum Gasteiger partial charge on any atom is 0.255 e. The van der Waals surface area contributed by atoms with Crippen LogP contribution in [0, 0.1) is 11.3 Å². The summed E-state index contributed by atoms with van der Waals surface area (Å²) in [6.07, 6.45) is -3.23. The largest absolute Gasteiger partial charge is 0.389 e. The molecule has 0 radical (unpaired) electrons. The number of aliphatic hydroxyl groups is 1. The number of hydrogen-bond donors (Lipinski definition) is 1. The topological polar surface area (TPSA) is 47.3 Å². The highest BCUT2D eigenvalue weighted by atomic mass is 19.3. The van der Waals surface area contributed by atoms with E-state index >= 15 is 0 Å². The molecule has 0 heterocycles. The molecular formula is C12H14F2N2O. The highest BCUT2D eigenvalue weighted by molar-refractivity contribution is 5.58. The second-order valence-electron chi connectivity index (χ2n) is 3.83. The third-order valence-electron chi connectivity index (χ3n) is 2.43. The molecule has 0 aliphatic heterocycles. The molecule has 17 heavy (non-hydrogen) atoms. The molecule has 1 atom stereocenters. The zero-order valence-corrected chi connectivity index (χ0v) is 9.69. The van der Waals surface area contributed by atoms with Crippen molar-refractivity contribution in [1.29, 1.82) is 5.26 Å². The number of rotatable bonds is 4. The molecule has 1 rings (SSSR count). The fourth-order valence-electron chi connectivity index (χ4n) is 1.60. The van der Waals surface area contributed by atoms with E-state index < -0.39 is 19.1 Å². The molecular weight excluding hydrogens is 226 g/mol. The van der Waals surface area contributed by atoms with Crippen molar-refractivity contribution in [3.8, 4) is 6.07 Å². The summed E-state index contributed by atoms with van der Waals surface area (Å²) in [5.74, 6) is 0. The van der Waals surface area contributed by atoms with Gasteiger partial charge in [0.05, 0.1) is 24.3 Å². The molecule has 0 saturated heterocycles. The Morgan fingerprint density at radius 3 is 2.59 bits per heavy atom. The van der Waals surface area contributed by atoms with Gasteiger partial charge in [0.2, 0.25) is 0 Å². The van der Waals surface area contributed by atoms with Crippen LogP contribution in [0.25, 0.3) is 0 Å². The standard InChI is InChI=1S/C12H14F2N2O/c1-8(17)10-4-3-9(6-15)5-11(10)16(2)7-12(13)14/h3-5,8,12,17H,7H2,1-2H3/t8-/m0/s1. The first-order valence-corrected chi connectivity index (χ1v) is 5.17. The molecule has 0 saturated carbocycles. The maximum absolute atomic E-state index is 12.3. The van der Waals surface area contributed by atoms with Gasteiger partial charge in [-0.2, -0.15) is 5.26 Å². The minimum atomic E-state index is -2.47. The molecule has 92 valence electrons. The Bertz CT molecular complexity index is 427. The molecule has 5 heteroatoms. The van der Waals surface area contributed by atoms with E-state index in [1.54, 1.807) is 19.1 Å². The predicted octanol–water partition coefficient (Wildman–Crippen LogP) is 2.31. The van der Waals surface area contributed by atoms with Gasteiger partial charge in [-0.25, -0.2) is 8.78 Å². The molecule has 0 spiro atoms. The molecule has 0 unspecified atom stereocenters. The first-order valence-electron chi connectivity index (χ1n) is 5.17. The van der Waals surface area contributed by atoms with Crippen molar-refractivity contribution in [2.24, 2.45) is 0 Å². The SMILES string of the molecule is C[C@H](O)c1ccc(C#N)cc1N(C)CC(F)F. The fraction of sp³-hybridized carbons (Fsp3) is 0.417. The molecule has 1 N–H and O–H groups in total. The minimum absolute atomic E-state index is 0.380. The smallest absolute Gasteiger partial charge is 0.255 e. The molecule has 1 aromatic carbocycles. The molecule has 0 aromatic heterocycles. The molecule has 0 bridgehead atoms. The summed E-state index contributed by atoms with van der Waals surface area (Å²) in [7, 11) is 1.51. The summed E-state index contributed by atoms with van der Waals surface area (Å²) in [6, 6.07) is 6.59. The average Bonchev–Trinajstić information content (AvgIpc) is 2.27. The second-order valence-corrected chi connectivity index (χ2v) is 3.83. The Kier molecular flexibility index (Phi) is 4.41. The monoisotopic (exact) mass is 240 g/mol. The molecule has 0 fully saturated rings. The van der Waals surface area contributed by atoms with E-state index in [-0.39, 0.29) is 0 Å². The number of anilines is 1. The number of nitriles is 1. The number of alkyl halides is 2. The number of nitrogens with zero attached hydrogens (tertiary/aromatic N) is 2. The first-order chi connectivity index (χ1) is 7.95. The van der Waals surface area contributed by atoms with Crippen molar-refractivity contribution in [2.75, 3.05) is 18.5 Å². The Morgan fingerprint density at radius 2 is 2.12 bits per heavy atom. The van der Waals surface area contributed by atoms with Gasteiger partial charge in [0, 0.05) is 18.3 Å². The van der Waals surface area contributed by atoms with Crippen LogP contribution >= 0.6 is 0 Å². The van der Waals surface area contributed by atoms with E-state index in [2.05, 4.69) is 0 Å². The zero-order chi connectivity index (χ0) is 13.0. The van der Waals surface area contributed by atoms with E-state index in [1.165, 1.54) is 18.0 Å². The van der Waals surface area contributed by atoms with E-state index in [9.17, 15) is 13.9 Å². The summed E-state index contributed by atoms with van der Waals surface area (Å²) in [5.41, 5.74) is 1.37. The third-order valence-corrected chi connectivity index (χ3v) is 2.43. The normalized spacial score (nSPS) is 12.3. The van der Waals surface area contributed by atoms with Crippen LogP contribution in [0.4, 0.5) is 14.5 Å². The highest BCUT2D eigenvalue weighted by Crippen LogP contribution is 2.27. The number of hydrogen-bond acceptors (Lipinski definition) is 3. The van der Waals surface area contributed by atoms with Crippen molar-refractivity contribution in [3.05, 3.63) is 29.3 Å². The lowest BCUT2D eigenvalue weighted by molar-refractivity contribution is 0.156. The van der Waals surface area contributed by atoms with Crippen LogP contribution in [-0.2, 0) is 0 Å². The number of benzene rings is 1. The number of halogens is 2. The van der Waals surface area contributed by atoms with Crippen LogP contribution in [0.5, 0.6) is 0 Å². The van der Waals surface area contributed by atoms with Crippen molar-refractivity contribution in [1.82, 2.24) is 0 Å². The van der Waals surface area contributed by atoms with Gasteiger partial charge in [0.25, 0.3) is 6.43 Å². The zero-order valence-electron chi connectivity index (χ0n) is 9.69. The van der Waals surface area contributed by atoms with Gasteiger partial charge in [-0.05, 0) is 19.1 Å². The Balaban J connectivity index is 3.13. The highest BCUT2D eigenvalue weighted by Gasteiger charge is 2.15. The first kappa shape index (κ1) is 13.4. The van der Waals surface area contributed by atoms with Gasteiger partial charge in [0.1, 0.15) is 0 Å². The third kappa shape index (κ3) is 3.40. The number of aliphatic hydroxyl groups excluding tert-OH is 1. The Morgan fingerprint density at radius 1 is 1.47 bits per heavy atom. The Labute approximate surface area is 98.9 Å². The van der Waals surface area contributed by atoms with Gasteiger partial charge in [-0.3, -0.25) is 0 Å². The summed E-state index contributed by atoms with van der Waals surface area (Å²) in [6.45, 7) is 1.12. The van der Waals surface area contributed by atoms with Crippen LogP contribution < -0.4 is 4.90 Å². The van der Waals surface area contributed by atoms with Gasteiger partial charge in [0.15, 0.2) is 0 Å². The lowest BCUT2D eigenvalue weighted by atomic mass is 10.0. The maximum atomic E-state index is 12.3. The lowest BCUT2D eigenvalue weighted by Crippen LogP contribution is -2.25. The van der Waals surface area contributed by atoms with Crippen molar-refractivity contribution in [3.63, 3.8) is 0 Å². The van der Waals surface area contributed by atoms with Crippen LogP contribution in [-0.4, -0.2) is 25.1 Å². The van der Waals surface area contributed by atoms with Crippen molar-refractivity contribution in [2.45, 2.75) is 19.5 Å². The summed E-state index contributed by atoms with van der Waals surface area (Å²) in [4.78, 5) is 1.34. The average molecular weight is 240 g/mol. The van der Waals surface area contributed by atoms with Crippen LogP contribution in [0.15, 0.2) is 18.2 Å².